The van der Waals surface area contributed by atoms with E-state index in [2.05, 4.69) is 5.32 Å². The SMILES string of the molecule is COC(=O)C(CC(C)C)NC(=O)c1ccccc1C. The standard InChI is InChI=1S/C15H21NO3/c1-10(2)9-13(15(18)19-4)16-14(17)12-8-6-5-7-11(12)3/h5-8,10,13H,9H2,1-4H3,(H,16,17). The van der Waals surface area contributed by atoms with Crippen LogP contribution in [0.4, 0.5) is 0 Å². The molecular weight excluding hydrogens is 242 g/mol. The summed E-state index contributed by atoms with van der Waals surface area (Å²) in [5.74, 6) is -0.356. The van der Waals surface area contributed by atoms with E-state index in [4.69, 9.17) is 4.74 Å². The van der Waals surface area contributed by atoms with Crippen LogP contribution in [0.5, 0.6) is 0 Å². The quantitative estimate of drug-likeness (QED) is 0.829. The van der Waals surface area contributed by atoms with Gasteiger partial charge in [0, 0.05) is 5.56 Å². The van der Waals surface area contributed by atoms with Crippen molar-refractivity contribution in [2.45, 2.75) is 33.2 Å². The van der Waals surface area contributed by atoms with Gasteiger partial charge in [-0.2, -0.15) is 0 Å². The van der Waals surface area contributed by atoms with E-state index in [0.717, 1.165) is 5.56 Å². The van der Waals surface area contributed by atoms with E-state index in [0.29, 0.717) is 17.9 Å². The number of amides is 1. The van der Waals surface area contributed by atoms with Crippen molar-refractivity contribution < 1.29 is 14.3 Å². The summed E-state index contributed by atoms with van der Waals surface area (Å²) in [5, 5.41) is 2.74. The molecule has 0 fully saturated rings. The number of methoxy groups -OCH3 is 1. The summed E-state index contributed by atoms with van der Waals surface area (Å²) < 4.78 is 4.73. The van der Waals surface area contributed by atoms with Crippen molar-refractivity contribution in [1.29, 1.82) is 0 Å². The summed E-state index contributed by atoms with van der Waals surface area (Å²) in [5.41, 5.74) is 1.47. The summed E-state index contributed by atoms with van der Waals surface area (Å²) in [4.78, 5) is 23.8. The Hall–Kier alpha value is -1.84. The highest BCUT2D eigenvalue weighted by Crippen LogP contribution is 2.10. The molecular formula is C15H21NO3. The van der Waals surface area contributed by atoms with Gasteiger partial charge in [-0.25, -0.2) is 4.79 Å². The molecule has 0 aliphatic rings. The fourth-order valence-corrected chi connectivity index (χ4v) is 1.89. The first-order chi connectivity index (χ1) is 8.95. The van der Waals surface area contributed by atoms with Crippen LogP contribution in [0.25, 0.3) is 0 Å². The van der Waals surface area contributed by atoms with E-state index < -0.39 is 12.0 Å². The zero-order valence-electron chi connectivity index (χ0n) is 11.9. The van der Waals surface area contributed by atoms with Crippen molar-refractivity contribution in [1.82, 2.24) is 5.32 Å². The number of hydrogen-bond acceptors (Lipinski definition) is 3. The molecule has 0 bridgehead atoms. The highest BCUT2D eigenvalue weighted by atomic mass is 16.5. The van der Waals surface area contributed by atoms with Crippen molar-refractivity contribution in [3.05, 3.63) is 35.4 Å². The summed E-state index contributed by atoms with van der Waals surface area (Å²) in [6.07, 6.45) is 0.560. The van der Waals surface area contributed by atoms with Crippen molar-refractivity contribution in [3.63, 3.8) is 0 Å². The zero-order valence-corrected chi connectivity index (χ0v) is 11.9. The monoisotopic (exact) mass is 263 g/mol. The maximum Gasteiger partial charge on any atom is 0.328 e. The molecule has 4 heteroatoms. The molecule has 0 saturated heterocycles. The van der Waals surface area contributed by atoms with Crippen molar-refractivity contribution in [3.8, 4) is 0 Å². The first-order valence-corrected chi connectivity index (χ1v) is 6.40. The Bertz CT molecular complexity index is 454. The third-order valence-corrected chi connectivity index (χ3v) is 2.89. The van der Waals surface area contributed by atoms with Gasteiger partial charge in [0.05, 0.1) is 7.11 Å². The van der Waals surface area contributed by atoms with Crippen LogP contribution in [0, 0.1) is 12.8 Å². The molecule has 1 aromatic carbocycles. The molecule has 1 amide bonds. The van der Waals surface area contributed by atoms with Gasteiger partial charge in [-0.15, -0.1) is 0 Å². The van der Waals surface area contributed by atoms with Crippen LogP contribution in [-0.4, -0.2) is 25.0 Å². The Balaban J connectivity index is 2.82. The van der Waals surface area contributed by atoms with Gasteiger partial charge in [-0.3, -0.25) is 4.79 Å². The first-order valence-electron chi connectivity index (χ1n) is 6.40. The second-order valence-electron chi connectivity index (χ2n) is 4.99. The molecule has 0 aliphatic carbocycles. The third-order valence-electron chi connectivity index (χ3n) is 2.89. The Kier molecular flexibility index (Phi) is 5.55. The maximum absolute atomic E-state index is 12.2. The number of hydrogen-bond donors (Lipinski definition) is 1. The van der Waals surface area contributed by atoms with E-state index in [1.54, 1.807) is 12.1 Å². The highest BCUT2D eigenvalue weighted by Gasteiger charge is 2.23. The summed E-state index contributed by atoms with van der Waals surface area (Å²) in [6, 6.07) is 6.69. The molecule has 0 aromatic heterocycles. The molecule has 0 heterocycles. The van der Waals surface area contributed by atoms with E-state index in [-0.39, 0.29) is 5.91 Å². The minimum absolute atomic E-state index is 0.242. The van der Waals surface area contributed by atoms with Crippen molar-refractivity contribution >= 4 is 11.9 Å². The van der Waals surface area contributed by atoms with E-state index in [9.17, 15) is 9.59 Å². The molecule has 104 valence electrons. The Morgan fingerprint density at radius 3 is 2.42 bits per heavy atom. The number of ether oxygens (including phenoxy) is 1. The minimum Gasteiger partial charge on any atom is -0.467 e. The zero-order chi connectivity index (χ0) is 14.4. The smallest absolute Gasteiger partial charge is 0.328 e. The fraction of sp³-hybridized carbons (Fsp3) is 0.467. The molecule has 19 heavy (non-hydrogen) atoms. The fourth-order valence-electron chi connectivity index (χ4n) is 1.89. The molecule has 1 rings (SSSR count). The predicted molar refractivity (Wildman–Crippen MR) is 73.9 cm³/mol. The summed E-state index contributed by atoms with van der Waals surface area (Å²) in [7, 11) is 1.33. The van der Waals surface area contributed by atoms with Gasteiger partial charge in [-0.1, -0.05) is 32.0 Å². The van der Waals surface area contributed by atoms with Crippen molar-refractivity contribution in [2.75, 3.05) is 7.11 Å². The lowest BCUT2D eigenvalue weighted by Gasteiger charge is -2.18. The number of esters is 1. The van der Waals surface area contributed by atoms with Gasteiger partial charge >= 0.3 is 5.97 Å². The van der Waals surface area contributed by atoms with Crippen molar-refractivity contribution in [2.24, 2.45) is 5.92 Å². The van der Waals surface area contributed by atoms with Crippen LogP contribution in [0.3, 0.4) is 0 Å². The average molecular weight is 263 g/mol. The maximum atomic E-state index is 12.2. The Labute approximate surface area is 114 Å². The molecule has 0 saturated carbocycles. The number of carbonyl (C=O) groups excluding carboxylic acids is 2. The van der Waals surface area contributed by atoms with E-state index in [1.807, 2.05) is 32.9 Å². The predicted octanol–water partition coefficient (Wildman–Crippen LogP) is 2.31. The lowest BCUT2D eigenvalue weighted by Crippen LogP contribution is -2.42. The second kappa shape index (κ2) is 6.92. The molecule has 0 aliphatic heterocycles. The molecule has 1 aromatic rings. The molecule has 0 spiro atoms. The lowest BCUT2D eigenvalue weighted by atomic mass is 10.0. The van der Waals surface area contributed by atoms with E-state index >= 15 is 0 Å². The normalized spacial score (nSPS) is 12.1. The molecule has 4 nitrogen and oxygen atoms in total. The van der Waals surface area contributed by atoms with Gasteiger partial charge < -0.3 is 10.1 Å². The average Bonchev–Trinajstić information content (AvgIpc) is 2.36. The van der Waals surface area contributed by atoms with Gasteiger partial charge in [0.25, 0.3) is 5.91 Å². The van der Waals surface area contributed by atoms with Crippen LogP contribution in [-0.2, 0) is 9.53 Å². The number of benzene rings is 1. The molecule has 1 N–H and O–H groups in total. The van der Waals surface area contributed by atoms with Crippen LogP contribution in [0.15, 0.2) is 24.3 Å². The summed E-state index contributed by atoms with van der Waals surface area (Å²) >= 11 is 0. The Morgan fingerprint density at radius 1 is 1.26 bits per heavy atom. The molecule has 1 atom stereocenters. The largest absolute Gasteiger partial charge is 0.467 e. The third kappa shape index (κ3) is 4.39. The first kappa shape index (κ1) is 15.2. The number of rotatable bonds is 5. The van der Waals surface area contributed by atoms with E-state index in [1.165, 1.54) is 7.11 Å². The highest BCUT2D eigenvalue weighted by molar-refractivity contribution is 5.97. The van der Waals surface area contributed by atoms with Crippen LogP contribution < -0.4 is 5.32 Å². The second-order valence-corrected chi connectivity index (χ2v) is 4.99. The van der Waals surface area contributed by atoms with Crippen LogP contribution >= 0.6 is 0 Å². The van der Waals surface area contributed by atoms with Crippen LogP contribution in [0.1, 0.15) is 36.2 Å². The topological polar surface area (TPSA) is 55.4 Å². The summed E-state index contributed by atoms with van der Waals surface area (Å²) in [6.45, 7) is 5.86. The molecule has 0 radical (unpaired) electrons. The number of carbonyl (C=O) groups is 2. The number of aryl methyl sites for hydroxylation is 1. The van der Waals surface area contributed by atoms with Gasteiger partial charge in [0.2, 0.25) is 0 Å². The van der Waals surface area contributed by atoms with Crippen LogP contribution in [0.2, 0.25) is 0 Å². The number of nitrogens with one attached hydrogen (secondary N) is 1. The Morgan fingerprint density at radius 2 is 1.89 bits per heavy atom. The molecule has 1 unspecified atom stereocenters. The van der Waals surface area contributed by atoms with Gasteiger partial charge in [0.1, 0.15) is 6.04 Å². The minimum atomic E-state index is -0.600. The van der Waals surface area contributed by atoms with Gasteiger partial charge in [-0.05, 0) is 30.9 Å². The van der Waals surface area contributed by atoms with Gasteiger partial charge in [0.15, 0.2) is 0 Å². The lowest BCUT2D eigenvalue weighted by molar-refractivity contribution is -0.143.